The van der Waals surface area contributed by atoms with Crippen molar-refractivity contribution in [2.24, 2.45) is 0 Å². The minimum atomic E-state index is -0.598. The molecule has 0 radical (unpaired) electrons. The summed E-state index contributed by atoms with van der Waals surface area (Å²) in [5.74, 6) is -2.50. The first-order chi connectivity index (χ1) is 13.3. The maximum absolute atomic E-state index is 13.1. The summed E-state index contributed by atoms with van der Waals surface area (Å²) in [7, 11) is 0. The highest BCUT2D eigenvalue weighted by molar-refractivity contribution is 6.34. The molecule has 144 valence electrons. The lowest BCUT2D eigenvalue weighted by Crippen LogP contribution is -2.39. The third-order valence-corrected chi connectivity index (χ3v) is 4.09. The second-order valence-electron chi connectivity index (χ2n) is 6.59. The van der Waals surface area contributed by atoms with Gasteiger partial charge in [-0.05, 0) is 56.3 Å². The zero-order valence-corrected chi connectivity index (χ0v) is 15.3. The van der Waals surface area contributed by atoms with Crippen LogP contribution in [-0.2, 0) is 4.79 Å². The lowest BCUT2D eigenvalue weighted by Gasteiger charge is -2.13. The molecule has 3 rings (SSSR count). The second kappa shape index (κ2) is 7.59. The number of nitrogens with one attached hydrogen (secondary N) is 2. The summed E-state index contributed by atoms with van der Waals surface area (Å²) in [5, 5.41) is 5.11. The molecule has 0 spiro atoms. The van der Waals surface area contributed by atoms with Gasteiger partial charge >= 0.3 is 0 Å². The minimum Gasteiger partial charge on any atom is -0.352 e. The topological polar surface area (TPSA) is 95.6 Å². The van der Waals surface area contributed by atoms with Crippen molar-refractivity contribution in [3.8, 4) is 0 Å². The fourth-order valence-corrected chi connectivity index (χ4v) is 2.84. The molecule has 7 nitrogen and oxygen atoms in total. The Morgan fingerprint density at radius 3 is 2.29 bits per heavy atom. The van der Waals surface area contributed by atoms with E-state index in [2.05, 4.69) is 10.6 Å². The van der Waals surface area contributed by atoms with Crippen LogP contribution in [0.25, 0.3) is 0 Å². The number of anilines is 1. The molecular weight excluding hydrogens is 365 g/mol. The van der Waals surface area contributed by atoms with Crippen molar-refractivity contribution in [1.29, 1.82) is 0 Å². The Labute approximate surface area is 160 Å². The second-order valence-corrected chi connectivity index (χ2v) is 6.59. The fourth-order valence-electron chi connectivity index (χ4n) is 2.84. The van der Waals surface area contributed by atoms with Crippen molar-refractivity contribution in [1.82, 2.24) is 10.6 Å². The summed E-state index contributed by atoms with van der Waals surface area (Å²) in [4.78, 5) is 50.1. The van der Waals surface area contributed by atoms with Crippen molar-refractivity contribution < 1.29 is 23.6 Å². The van der Waals surface area contributed by atoms with E-state index in [4.69, 9.17) is 0 Å². The van der Waals surface area contributed by atoms with Crippen LogP contribution in [0.2, 0.25) is 0 Å². The van der Waals surface area contributed by atoms with Gasteiger partial charge in [0.15, 0.2) is 0 Å². The van der Waals surface area contributed by atoms with Crippen LogP contribution in [0, 0.1) is 5.82 Å². The maximum Gasteiger partial charge on any atom is 0.266 e. The van der Waals surface area contributed by atoms with Crippen molar-refractivity contribution in [3.05, 3.63) is 65.0 Å². The Balaban J connectivity index is 1.78. The first-order valence-electron chi connectivity index (χ1n) is 8.64. The van der Waals surface area contributed by atoms with Crippen molar-refractivity contribution in [3.63, 3.8) is 0 Å². The number of hydrogen-bond acceptors (Lipinski definition) is 4. The fraction of sp³-hybridized carbons (Fsp3) is 0.200. The van der Waals surface area contributed by atoms with Gasteiger partial charge in [0.05, 0.1) is 23.4 Å². The van der Waals surface area contributed by atoms with Crippen LogP contribution < -0.4 is 15.5 Å². The molecule has 0 bridgehead atoms. The van der Waals surface area contributed by atoms with Crippen LogP contribution >= 0.6 is 0 Å². The highest BCUT2D eigenvalue weighted by Crippen LogP contribution is 2.29. The Morgan fingerprint density at radius 2 is 1.64 bits per heavy atom. The Bertz CT molecular complexity index is 970. The zero-order chi connectivity index (χ0) is 20.4. The third kappa shape index (κ3) is 3.75. The predicted octanol–water partition coefficient (Wildman–Crippen LogP) is 1.88. The average Bonchev–Trinajstić information content (AvgIpc) is 2.90. The number of halogens is 1. The van der Waals surface area contributed by atoms with Crippen LogP contribution in [0.3, 0.4) is 0 Å². The largest absolute Gasteiger partial charge is 0.352 e. The molecule has 1 aliphatic heterocycles. The van der Waals surface area contributed by atoms with E-state index < -0.39 is 23.5 Å². The van der Waals surface area contributed by atoms with Gasteiger partial charge in [-0.3, -0.25) is 19.2 Å². The lowest BCUT2D eigenvalue weighted by atomic mass is 10.1. The summed E-state index contributed by atoms with van der Waals surface area (Å²) in [5.41, 5.74) is 0.624. The zero-order valence-electron chi connectivity index (χ0n) is 15.3. The van der Waals surface area contributed by atoms with Crippen LogP contribution in [0.1, 0.15) is 44.9 Å². The van der Waals surface area contributed by atoms with Gasteiger partial charge in [-0.1, -0.05) is 0 Å². The normalized spacial score (nSPS) is 12.9. The van der Waals surface area contributed by atoms with Crippen LogP contribution in [0.5, 0.6) is 0 Å². The molecule has 2 N–H and O–H groups in total. The molecule has 8 heteroatoms. The average molecular weight is 383 g/mol. The molecule has 0 saturated carbocycles. The first-order valence-corrected chi connectivity index (χ1v) is 8.64. The standard InChI is InChI=1S/C20H18FN3O4/c1-11(2)23-17(25)10-22-18(26)12-3-8-15-16(9-12)20(28)24(19(15)27)14-6-4-13(21)5-7-14/h3-9,11H,10H2,1-2H3,(H,22,26)(H,23,25). The van der Waals surface area contributed by atoms with Gasteiger partial charge in [-0.25, -0.2) is 9.29 Å². The Morgan fingerprint density at radius 1 is 1.00 bits per heavy atom. The molecule has 0 aromatic heterocycles. The van der Waals surface area contributed by atoms with E-state index in [1.54, 1.807) is 13.8 Å². The lowest BCUT2D eigenvalue weighted by molar-refractivity contribution is -0.120. The molecule has 0 unspecified atom stereocenters. The first kappa shape index (κ1) is 19.2. The van der Waals surface area contributed by atoms with E-state index in [9.17, 15) is 23.6 Å². The van der Waals surface area contributed by atoms with Gasteiger partial charge in [0.2, 0.25) is 5.91 Å². The summed E-state index contributed by atoms with van der Waals surface area (Å²) in [6.45, 7) is 3.40. The quantitative estimate of drug-likeness (QED) is 0.771. The Hall–Kier alpha value is -3.55. The summed E-state index contributed by atoms with van der Waals surface area (Å²) >= 11 is 0. The van der Waals surface area contributed by atoms with E-state index in [1.807, 2.05) is 0 Å². The predicted molar refractivity (Wildman–Crippen MR) is 99.6 cm³/mol. The van der Waals surface area contributed by atoms with E-state index in [0.29, 0.717) is 0 Å². The molecule has 0 fully saturated rings. The number of imide groups is 1. The highest BCUT2D eigenvalue weighted by atomic mass is 19.1. The molecular formula is C20H18FN3O4. The van der Waals surface area contributed by atoms with Gasteiger partial charge in [0.25, 0.3) is 17.7 Å². The molecule has 2 aromatic rings. The van der Waals surface area contributed by atoms with Crippen molar-refractivity contribution in [2.45, 2.75) is 19.9 Å². The number of benzene rings is 2. The van der Waals surface area contributed by atoms with Gasteiger partial charge < -0.3 is 10.6 Å². The molecule has 28 heavy (non-hydrogen) atoms. The summed E-state index contributed by atoms with van der Waals surface area (Å²) in [6, 6.07) is 9.03. The summed E-state index contributed by atoms with van der Waals surface area (Å²) < 4.78 is 13.1. The van der Waals surface area contributed by atoms with E-state index >= 15 is 0 Å². The number of fused-ring (bicyclic) bond motifs is 1. The summed E-state index contributed by atoms with van der Waals surface area (Å²) in [6.07, 6.45) is 0. The number of nitrogens with zero attached hydrogens (tertiary/aromatic N) is 1. The number of carbonyl (C=O) groups is 4. The molecule has 0 saturated heterocycles. The SMILES string of the molecule is CC(C)NC(=O)CNC(=O)c1ccc2c(c1)C(=O)N(c1ccc(F)cc1)C2=O. The van der Waals surface area contributed by atoms with Gasteiger partial charge in [0.1, 0.15) is 5.82 Å². The number of rotatable bonds is 5. The van der Waals surface area contributed by atoms with Crippen molar-refractivity contribution >= 4 is 29.3 Å². The molecule has 4 amide bonds. The molecule has 0 aliphatic carbocycles. The van der Waals surface area contributed by atoms with E-state index in [-0.39, 0.29) is 40.9 Å². The number of amides is 4. The highest BCUT2D eigenvalue weighted by Gasteiger charge is 2.37. The van der Waals surface area contributed by atoms with Gasteiger partial charge in [-0.15, -0.1) is 0 Å². The third-order valence-electron chi connectivity index (χ3n) is 4.09. The molecule has 1 heterocycles. The number of carbonyl (C=O) groups excluding carboxylic acids is 4. The molecule has 0 atom stereocenters. The van der Waals surface area contributed by atoms with E-state index in [0.717, 1.165) is 17.0 Å². The number of hydrogen-bond donors (Lipinski definition) is 2. The van der Waals surface area contributed by atoms with Crippen molar-refractivity contribution in [2.75, 3.05) is 11.4 Å². The van der Waals surface area contributed by atoms with Crippen LogP contribution in [0.4, 0.5) is 10.1 Å². The smallest absolute Gasteiger partial charge is 0.266 e. The van der Waals surface area contributed by atoms with Gasteiger partial charge in [0, 0.05) is 11.6 Å². The monoisotopic (exact) mass is 383 g/mol. The van der Waals surface area contributed by atoms with E-state index in [1.165, 1.54) is 30.3 Å². The molecule has 2 aromatic carbocycles. The molecule has 1 aliphatic rings. The van der Waals surface area contributed by atoms with Crippen LogP contribution in [-0.4, -0.2) is 36.2 Å². The van der Waals surface area contributed by atoms with Crippen LogP contribution in [0.15, 0.2) is 42.5 Å². The minimum absolute atomic E-state index is 0.0505. The van der Waals surface area contributed by atoms with Gasteiger partial charge in [-0.2, -0.15) is 0 Å². The maximum atomic E-state index is 13.1. The Kier molecular flexibility index (Phi) is 5.21.